The lowest BCUT2D eigenvalue weighted by atomic mass is 9.90. The molecule has 1 fully saturated rings. The molecule has 0 amide bonds. The van der Waals surface area contributed by atoms with Crippen molar-refractivity contribution in [1.29, 1.82) is 0 Å². The van der Waals surface area contributed by atoms with Gasteiger partial charge in [0.15, 0.2) is 11.9 Å². The SMILES string of the molecule is CC(C)[C@H](C)NP(=O)(OC[C@H]1O[C@@H](n2ccc(=O)[nH]c2=O)[C@](C)(F)[C@@H]1C)Oc1ccccc1. The van der Waals surface area contributed by atoms with Gasteiger partial charge in [0.1, 0.15) is 5.75 Å². The van der Waals surface area contributed by atoms with E-state index in [1.54, 1.807) is 37.3 Å². The van der Waals surface area contributed by atoms with Crippen LogP contribution < -0.4 is 20.9 Å². The molecule has 1 aliphatic rings. The van der Waals surface area contributed by atoms with E-state index in [0.29, 0.717) is 5.75 Å². The number of aromatic amines is 1. The summed E-state index contributed by atoms with van der Waals surface area (Å²) in [5.41, 5.74) is -3.33. The van der Waals surface area contributed by atoms with Crippen LogP contribution in [-0.4, -0.2) is 34.0 Å². The second-order valence-electron chi connectivity index (χ2n) is 8.84. The first kappa shape index (κ1) is 25.4. The van der Waals surface area contributed by atoms with Crippen LogP contribution >= 0.6 is 7.75 Å². The van der Waals surface area contributed by atoms with E-state index >= 15 is 4.39 Å². The smallest absolute Gasteiger partial charge is 0.413 e. The van der Waals surface area contributed by atoms with E-state index in [9.17, 15) is 14.2 Å². The third kappa shape index (κ3) is 5.81. The van der Waals surface area contributed by atoms with Gasteiger partial charge in [0.05, 0.1) is 12.7 Å². The van der Waals surface area contributed by atoms with Crippen LogP contribution in [0, 0.1) is 11.8 Å². The molecule has 182 valence electrons. The van der Waals surface area contributed by atoms with Crippen LogP contribution in [0.1, 0.15) is 40.8 Å². The molecule has 1 aromatic carbocycles. The Balaban J connectivity index is 1.80. The molecular formula is C22H31FN3O6P. The van der Waals surface area contributed by atoms with Crippen LogP contribution in [0.2, 0.25) is 0 Å². The fraction of sp³-hybridized carbons (Fsp3) is 0.545. The van der Waals surface area contributed by atoms with Gasteiger partial charge in [-0.25, -0.2) is 18.8 Å². The number of hydrogen-bond donors (Lipinski definition) is 2. The maximum atomic E-state index is 15.6. The van der Waals surface area contributed by atoms with Crippen molar-refractivity contribution in [3.05, 3.63) is 63.4 Å². The molecule has 1 unspecified atom stereocenters. The van der Waals surface area contributed by atoms with Crippen molar-refractivity contribution < 1.29 is 22.7 Å². The fourth-order valence-electron chi connectivity index (χ4n) is 3.42. The zero-order valence-electron chi connectivity index (χ0n) is 19.4. The molecule has 3 rings (SSSR count). The van der Waals surface area contributed by atoms with Gasteiger partial charge in [0.2, 0.25) is 0 Å². The summed E-state index contributed by atoms with van der Waals surface area (Å²) in [5.74, 6) is -0.208. The molecule has 33 heavy (non-hydrogen) atoms. The van der Waals surface area contributed by atoms with Crippen LogP contribution in [0.4, 0.5) is 4.39 Å². The molecule has 1 aliphatic heterocycles. The number of aromatic nitrogens is 2. The molecule has 1 aromatic heterocycles. The first-order valence-electron chi connectivity index (χ1n) is 10.9. The van der Waals surface area contributed by atoms with Gasteiger partial charge in [-0.2, -0.15) is 0 Å². The van der Waals surface area contributed by atoms with E-state index in [0.717, 1.165) is 10.6 Å². The molecule has 0 radical (unpaired) electrons. The minimum Gasteiger partial charge on any atom is -0.413 e. The topological polar surface area (TPSA) is 112 Å². The molecule has 0 bridgehead atoms. The predicted molar refractivity (Wildman–Crippen MR) is 122 cm³/mol. The number of benzene rings is 1. The highest BCUT2D eigenvalue weighted by atomic mass is 31.2. The van der Waals surface area contributed by atoms with Gasteiger partial charge >= 0.3 is 13.4 Å². The Bertz CT molecular complexity index is 1100. The summed E-state index contributed by atoms with van der Waals surface area (Å²) in [6.45, 7) is 8.50. The van der Waals surface area contributed by atoms with Crippen molar-refractivity contribution in [2.75, 3.05) is 6.61 Å². The lowest BCUT2D eigenvalue weighted by Gasteiger charge is -2.27. The average Bonchev–Trinajstić information content (AvgIpc) is 2.96. The second-order valence-corrected chi connectivity index (χ2v) is 10.5. The van der Waals surface area contributed by atoms with E-state index in [-0.39, 0.29) is 18.6 Å². The fourth-order valence-corrected chi connectivity index (χ4v) is 5.14. The lowest BCUT2D eigenvalue weighted by Crippen LogP contribution is -2.40. The quantitative estimate of drug-likeness (QED) is 0.524. The van der Waals surface area contributed by atoms with Gasteiger partial charge < -0.3 is 9.26 Å². The molecule has 0 spiro atoms. The second kappa shape index (κ2) is 9.93. The Morgan fingerprint density at radius 2 is 1.91 bits per heavy atom. The normalized spacial score (nSPS) is 27.9. The highest BCUT2D eigenvalue weighted by molar-refractivity contribution is 7.52. The number of nitrogens with zero attached hydrogens (tertiary/aromatic N) is 1. The van der Waals surface area contributed by atoms with Crippen molar-refractivity contribution in [1.82, 2.24) is 14.6 Å². The number of hydrogen-bond acceptors (Lipinski definition) is 6. The van der Waals surface area contributed by atoms with Gasteiger partial charge in [-0.15, -0.1) is 0 Å². The number of halogens is 1. The molecule has 0 aliphatic carbocycles. The molecule has 2 aromatic rings. The number of H-pyrrole nitrogens is 1. The first-order chi connectivity index (χ1) is 15.4. The Kier molecular flexibility index (Phi) is 7.63. The summed E-state index contributed by atoms with van der Waals surface area (Å²) in [5, 5.41) is 2.93. The number of ether oxygens (including phenoxy) is 1. The van der Waals surface area contributed by atoms with E-state index in [1.807, 2.05) is 20.8 Å². The van der Waals surface area contributed by atoms with E-state index in [4.69, 9.17) is 13.8 Å². The van der Waals surface area contributed by atoms with E-state index in [1.165, 1.54) is 13.1 Å². The summed E-state index contributed by atoms with van der Waals surface area (Å²) in [6, 6.07) is 9.53. The third-order valence-electron chi connectivity index (χ3n) is 6.08. The van der Waals surface area contributed by atoms with Crippen molar-refractivity contribution >= 4 is 7.75 Å². The number of para-hydroxylation sites is 1. The number of nitrogens with one attached hydrogen (secondary N) is 2. The summed E-state index contributed by atoms with van der Waals surface area (Å²) in [7, 11) is -3.85. The summed E-state index contributed by atoms with van der Waals surface area (Å²) >= 11 is 0. The van der Waals surface area contributed by atoms with Crippen molar-refractivity contribution in [2.45, 2.75) is 58.7 Å². The molecule has 9 nitrogen and oxygen atoms in total. The monoisotopic (exact) mass is 483 g/mol. The Morgan fingerprint density at radius 3 is 2.52 bits per heavy atom. The van der Waals surface area contributed by atoms with Crippen molar-refractivity contribution in [2.24, 2.45) is 11.8 Å². The van der Waals surface area contributed by atoms with Gasteiger partial charge in [-0.1, -0.05) is 39.0 Å². The highest BCUT2D eigenvalue weighted by Crippen LogP contribution is 2.49. The lowest BCUT2D eigenvalue weighted by molar-refractivity contribution is -0.0593. The van der Waals surface area contributed by atoms with Gasteiger partial charge in [-0.3, -0.25) is 18.9 Å². The maximum absolute atomic E-state index is 15.6. The molecule has 11 heteroatoms. The number of alkyl halides is 1. The standard InChI is InChI=1S/C22H31FN3O6P/c1-14(2)16(4)25-33(29,32-17-9-7-6-8-10-17)30-13-18-15(3)22(5,23)20(31-18)26-12-11-19(27)24-21(26)28/h6-12,14-16,18,20H,13H2,1-5H3,(H,25,29)(H,24,27,28)/t15-,16+,18-,20-,22-,33?/m1/s1. The summed E-state index contributed by atoms with van der Waals surface area (Å²) in [6.07, 6.45) is -0.926. The molecule has 1 saturated heterocycles. The molecular weight excluding hydrogens is 452 g/mol. The van der Waals surface area contributed by atoms with Crippen molar-refractivity contribution in [3.8, 4) is 5.75 Å². The Hall–Kier alpha value is -2.26. The zero-order chi connectivity index (χ0) is 24.4. The van der Waals surface area contributed by atoms with Gasteiger partial charge in [-0.05, 0) is 31.9 Å². The average molecular weight is 483 g/mol. The first-order valence-corrected chi connectivity index (χ1v) is 12.4. The van der Waals surface area contributed by atoms with E-state index < -0.39 is 42.9 Å². The molecule has 6 atom stereocenters. The largest absolute Gasteiger partial charge is 0.459 e. The van der Waals surface area contributed by atoms with Crippen LogP contribution in [0.5, 0.6) is 5.75 Å². The van der Waals surface area contributed by atoms with E-state index in [2.05, 4.69) is 10.1 Å². The van der Waals surface area contributed by atoms with Crippen LogP contribution in [0.15, 0.2) is 52.2 Å². The van der Waals surface area contributed by atoms with Crippen LogP contribution in [0.25, 0.3) is 0 Å². The molecule has 2 heterocycles. The Labute approximate surface area is 191 Å². The minimum absolute atomic E-state index is 0.147. The third-order valence-corrected chi connectivity index (χ3v) is 7.74. The number of rotatable bonds is 9. The minimum atomic E-state index is -3.85. The van der Waals surface area contributed by atoms with Crippen LogP contribution in [0.3, 0.4) is 0 Å². The van der Waals surface area contributed by atoms with Crippen molar-refractivity contribution in [3.63, 3.8) is 0 Å². The Morgan fingerprint density at radius 1 is 1.24 bits per heavy atom. The van der Waals surface area contributed by atoms with Gasteiger partial charge in [0, 0.05) is 24.2 Å². The van der Waals surface area contributed by atoms with Gasteiger partial charge in [0.25, 0.3) is 5.56 Å². The molecule has 2 N–H and O–H groups in total. The predicted octanol–water partition coefficient (Wildman–Crippen LogP) is 3.64. The zero-order valence-corrected chi connectivity index (χ0v) is 20.3. The summed E-state index contributed by atoms with van der Waals surface area (Å²) < 4.78 is 47.4. The maximum Gasteiger partial charge on any atom is 0.459 e. The molecule has 0 saturated carbocycles. The highest BCUT2D eigenvalue weighted by Gasteiger charge is 2.54. The summed E-state index contributed by atoms with van der Waals surface area (Å²) in [4.78, 5) is 25.7. The van der Waals surface area contributed by atoms with Crippen LogP contribution in [-0.2, 0) is 13.8 Å².